The van der Waals surface area contributed by atoms with Gasteiger partial charge in [0.15, 0.2) is 41.0 Å². The Morgan fingerprint density at radius 2 is 1.88 bits per heavy atom. The Kier molecular flexibility index (Phi) is 12.7. The molecule has 6 N–H and O–H groups in total. The van der Waals surface area contributed by atoms with E-state index in [9.17, 15) is 29.7 Å². The fourth-order valence-corrected chi connectivity index (χ4v) is 7.90. The first-order valence-electron chi connectivity index (χ1n) is 19.0. The van der Waals surface area contributed by atoms with Crippen molar-refractivity contribution in [3.63, 3.8) is 0 Å². The normalized spacial score (nSPS) is 29.5. The van der Waals surface area contributed by atoms with Crippen LogP contribution in [0.2, 0.25) is 5.02 Å². The summed E-state index contributed by atoms with van der Waals surface area (Å²) in [7, 11) is 4.90. The van der Waals surface area contributed by atoms with E-state index in [-0.39, 0.29) is 68.2 Å². The van der Waals surface area contributed by atoms with E-state index >= 15 is 0 Å². The molecule has 0 aromatic heterocycles. The number of nitrogens with one attached hydrogen (secondary N) is 1. The molecule has 1 fully saturated rings. The van der Waals surface area contributed by atoms with Crippen molar-refractivity contribution >= 4 is 35.1 Å². The molecule has 2 aromatic carbocycles. The molecule has 5 aliphatic rings. The number of aliphatic hydroxyl groups excluding tert-OH is 2. The van der Waals surface area contributed by atoms with Crippen LogP contribution < -0.4 is 25.3 Å². The van der Waals surface area contributed by atoms with Gasteiger partial charge in [0.2, 0.25) is 0 Å². The third-order valence-electron chi connectivity index (χ3n) is 10.6. The third kappa shape index (κ3) is 8.61. The number of aromatic hydroxyl groups is 1. The summed E-state index contributed by atoms with van der Waals surface area (Å²) in [6.07, 6.45) is -0.581. The number of carbonyl (C=O) groups is 3. The molecule has 8 atom stereocenters. The molecule has 4 heterocycles. The maximum absolute atomic E-state index is 14.0. The number of anilines is 1. The molecule has 1 aliphatic carbocycles. The number of nitrogens with two attached hydrogens (primary N) is 1. The summed E-state index contributed by atoms with van der Waals surface area (Å²) in [4.78, 5) is 41.5. The minimum atomic E-state index is -1.67. The zero-order valence-corrected chi connectivity index (χ0v) is 34.9. The SMILES string of the molecule is C=C1Oc2cc(OC)cc(C(=O)O[C@H]3COC(=O)C[C@H](N)c4cc(O)c(c(Cl)c4)O[C@H](C)C4(O[C@@H]5OC(C)(C)[C@@H](N(C)C)[C@@H](O)[C@H]5O)C=CC=C4C#C/C3=C\C)c2NC1=O. The van der Waals surface area contributed by atoms with E-state index in [1.54, 1.807) is 71.0 Å². The molecule has 4 aliphatic heterocycles. The fraction of sp³-hybridized carbons (Fsp3) is 0.419. The number of benzene rings is 2. The first kappa shape index (κ1) is 44.2. The number of hydrogen-bond acceptors (Lipinski definition) is 15. The van der Waals surface area contributed by atoms with Crippen LogP contribution in [-0.4, -0.2) is 114 Å². The number of allylic oxidation sites excluding steroid dienone is 3. The van der Waals surface area contributed by atoms with Crippen molar-refractivity contribution in [3.05, 3.63) is 88.2 Å². The van der Waals surface area contributed by atoms with Gasteiger partial charge < -0.3 is 64.4 Å². The molecule has 17 heteroatoms. The standard InChI is InChI=1S/C43H48ClN3O13/c1-9-23-12-13-25-11-10-14-43(25,60-41-36(51)35(50)38(47(6)7)42(4,5)59-41)22(3)57-37-28(44)15-24(16-30(37)48)29(45)19-33(49)55-20-32(23)58-40(53)27-17-26(54-8)18-31-34(27)46-39(52)21(2)56-31/h9-11,14-18,22,29,32,35-36,38,41,48,50-51H,2,19-20,45H2,1,3-8H3,(H,46,52)/b23-9+/t22-,29+,32+,35+,36-,38+,41+,43?/m1/s1. The van der Waals surface area contributed by atoms with Crippen molar-refractivity contribution < 1.29 is 62.9 Å². The largest absolute Gasteiger partial charge is 0.504 e. The van der Waals surface area contributed by atoms with Crippen LogP contribution >= 0.6 is 11.6 Å². The van der Waals surface area contributed by atoms with E-state index in [0.717, 1.165) is 0 Å². The summed E-state index contributed by atoms with van der Waals surface area (Å²) in [5.74, 6) is 3.27. The Morgan fingerprint density at radius 1 is 1.15 bits per heavy atom. The lowest BCUT2D eigenvalue weighted by atomic mass is 9.85. The number of aliphatic hydroxyl groups is 2. The summed E-state index contributed by atoms with van der Waals surface area (Å²) in [5.41, 5.74) is 4.27. The van der Waals surface area contributed by atoms with Crippen molar-refractivity contribution in [1.82, 2.24) is 4.90 Å². The van der Waals surface area contributed by atoms with E-state index in [2.05, 4.69) is 23.7 Å². The molecular formula is C43H48ClN3O13. The Balaban J connectivity index is 1.43. The van der Waals surface area contributed by atoms with Crippen LogP contribution in [0.3, 0.4) is 0 Å². The molecule has 2 bridgehead atoms. The smallest absolute Gasteiger partial charge is 0.341 e. The number of methoxy groups -OCH3 is 1. The summed E-state index contributed by atoms with van der Waals surface area (Å²) in [6, 6.07) is 3.93. The number of esters is 2. The first-order valence-corrected chi connectivity index (χ1v) is 19.4. The average Bonchev–Trinajstić information content (AvgIpc) is 3.59. The molecule has 0 radical (unpaired) electrons. The topological polar surface area (TPSA) is 218 Å². The second-order valence-corrected chi connectivity index (χ2v) is 15.8. The number of nitrogens with zero attached hydrogens (tertiary/aromatic N) is 1. The van der Waals surface area contributed by atoms with Crippen LogP contribution in [-0.2, 0) is 28.5 Å². The van der Waals surface area contributed by atoms with Gasteiger partial charge in [-0.25, -0.2) is 4.79 Å². The molecule has 16 nitrogen and oxygen atoms in total. The monoisotopic (exact) mass is 849 g/mol. The number of halogens is 1. The maximum Gasteiger partial charge on any atom is 0.341 e. The maximum atomic E-state index is 14.0. The quantitative estimate of drug-likeness (QED) is 0.159. The van der Waals surface area contributed by atoms with E-state index in [1.807, 2.05) is 0 Å². The highest BCUT2D eigenvalue weighted by Gasteiger charge is 2.54. The zero-order valence-electron chi connectivity index (χ0n) is 34.1. The van der Waals surface area contributed by atoms with E-state index in [0.29, 0.717) is 0 Å². The van der Waals surface area contributed by atoms with Crippen LogP contribution in [0.4, 0.5) is 5.69 Å². The number of ether oxygens (including phenoxy) is 7. The third-order valence-corrected chi connectivity index (χ3v) is 10.9. The van der Waals surface area contributed by atoms with Crippen molar-refractivity contribution in [2.75, 3.05) is 33.1 Å². The lowest BCUT2D eigenvalue weighted by molar-refractivity contribution is -0.330. The second kappa shape index (κ2) is 17.3. The number of phenols is 1. The summed E-state index contributed by atoms with van der Waals surface area (Å²) in [6.45, 7) is 9.85. The first-order chi connectivity index (χ1) is 28.3. The lowest BCUT2D eigenvalue weighted by Gasteiger charge is -2.51. The number of amides is 1. The van der Waals surface area contributed by atoms with Gasteiger partial charge in [-0.2, -0.15) is 0 Å². The molecule has 0 saturated carbocycles. The van der Waals surface area contributed by atoms with Crippen molar-refractivity contribution in [2.24, 2.45) is 5.73 Å². The Morgan fingerprint density at radius 3 is 2.55 bits per heavy atom. The van der Waals surface area contributed by atoms with Crippen LogP contribution in [0.1, 0.15) is 56.1 Å². The molecule has 320 valence electrons. The molecule has 0 spiro atoms. The predicted octanol–water partition coefficient (Wildman–Crippen LogP) is 3.83. The van der Waals surface area contributed by atoms with Crippen LogP contribution in [0, 0.1) is 11.8 Å². The number of carbonyl (C=O) groups excluding carboxylic acids is 3. The molecule has 60 heavy (non-hydrogen) atoms. The van der Waals surface area contributed by atoms with Crippen LogP contribution in [0.5, 0.6) is 23.0 Å². The Hall–Kier alpha value is -5.38. The molecule has 2 aromatic rings. The van der Waals surface area contributed by atoms with Gasteiger partial charge >= 0.3 is 11.9 Å². The highest BCUT2D eigenvalue weighted by atomic mass is 35.5. The van der Waals surface area contributed by atoms with Gasteiger partial charge in [-0.3, -0.25) is 9.59 Å². The van der Waals surface area contributed by atoms with Crippen molar-refractivity contribution in [3.8, 4) is 34.8 Å². The van der Waals surface area contributed by atoms with Gasteiger partial charge in [0, 0.05) is 23.3 Å². The van der Waals surface area contributed by atoms with Gasteiger partial charge in [0.1, 0.15) is 30.7 Å². The van der Waals surface area contributed by atoms with Crippen molar-refractivity contribution in [1.29, 1.82) is 0 Å². The fourth-order valence-electron chi connectivity index (χ4n) is 7.63. The average molecular weight is 850 g/mol. The predicted molar refractivity (Wildman–Crippen MR) is 217 cm³/mol. The van der Waals surface area contributed by atoms with E-state index in [1.165, 1.54) is 31.4 Å². The summed E-state index contributed by atoms with van der Waals surface area (Å²) >= 11 is 6.67. The molecule has 7 rings (SSSR count). The highest BCUT2D eigenvalue weighted by Crippen LogP contribution is 2.44. The van der Waals surface area contributed by atoms with Gasteiger partial charge in [-0.1, -0.05) is 42.2 Å². The minimum absolute atomic E-state index is 0.00163. The Bertz CT molecular complexity index is 2220. The van der Waals surface area contributed by atoms with Gasteiger partial charge in [0.05, 0.1) is 41.4 Å². The highest BCUT2D eigenvalue weighted by molar-refractivity contribution is 6.32. The number of fused-ring (bicyclic) bond motifs is 11. The second-order valence-electron chi connectivity index (χ2n) is 15.3. The van der Waals surface area contributed by atoms with E-state index in [4.69, 9.17) is 50.5 Å². The molecule has 1 saturated heterocycles. The summed E-state index contributed by atoms with van der Waals surface area (Å²) in [5, 5.41) is 36.5. The molecular weight excluding hydrogens is 802 g/mol. The minimum Gasteiger partial charge on any atom is -0.504 e. The van der Waals surface area contributed by atoms with Crippen molar-refractivity contribution in [2.45, 2.75) is 88.1 Å². The van der Waals surface area contributed by atoms with Crippen LogP contribution in [0.25, 0.3) is 0 Å². The van der Waals surface area contributed by atoms with Gasteiger partial charge in [0.25, 0.3) is 5.91 Å². The van der Waals surface area contributed by atoms with Gasteiger partial charge in [-0.05, 0) is 77.7 Å². The summed E-state index contributed by atoms with van der Waals surface area (Å²) < 4.78 is 41.9. The zero-order chi connectivity index (χ0) is 43.8. The molecule has 1 amide bonds. The molecule has 1 unspecified atom stereocenters. The number of hydrogen-bond donors (Lipinski definition) is 5. The number of likely N-dealkylation sites (N-methyl/N-ethyl adjacent to an activating group) is 1. The Labute approximate surface area is 352 Å². The van der Waals surface area contributed by atoms with Gasteiger partial charge in [-0.15, -0.1) is 0 Å². The van der Waals surface area contributed by atoms with Crippen LogP contribution in [0.15, 0.2) is 72.1 Å². The lowest BCUT2D eigenvalue weighted by Crippen LogP contribution is -2.68. The van der Waals surface area contributed by atoms with E-state index < -0.39 is 78.4 Å². The number of phenolic OH excluding ortho intramolecular Hbond substituents is 1. The number of rotatable bonds is 6.